The smallest absolute Gasteiger partial charge is 0.381 e. The van der Waals surface area contributed by atoms with Crippen molar-refractivity contribution >= 4 is 11.4 Å². The first-order valence-electron chi connectivity index (χ1n) is 8.38. The summed E-state index contributed by atoms with van der Waals surface area (Å²) >= 11 is 0. The Labute approximate surface area is 160 Å². The quantitative estimate of drug-likeness (QED) is 0.524. The Morgan fingerprint density at radius 1 is 1.14 bits per heavy atom. The molecule has 3 nitrogen and oxygen atoms in total. The number of benzene rings is 1. The summed E-state index contributed by atoms with van der Waals surface area (Å²) in [6.45, 7) is 1.38. The second-order valence-electron chi connectivity index (χ2n) is 6.18. The maximum atomic E-state index is 14.6. The zero-order valence-corrected chi connectivity index (χ0v) is 15.6. The minimum Gasteiger partial charge on any atom is -0.381 e. The summed E-state index contributed by atoms with van der Waals surface area (Å²) in [6.07, 6.45) is -0.188. The molecule has 0 amide bonds. The van der Waals surface area contributed by atoms with Crippen LogP contribution in [0.3, 0.4) is 0 Å². The summed E-state index contributed by atoms with van der Waals surface area (Å²) in [5, 5.41) is 2.88. The predicted molar refractivity (Wildman–Crippen MR) is 99.4 cm³/mol. The highest BCUT2D eigenvalue weighted by Gasteiger charge is 2.32. The summed E-state index contributed by atoms with van der Waals surface area (Å²) in [5.74, 6) is -1.19. The van der Waals surface area contributed by atoms with E-state index in [1.807, 2.05) is 0 Å². The maximum absolute atomic E-state index is 14.6. The molecule has 1 aromatic heterocycles. The van der Waals surface area contributed by atoms with Gasteiger partial charge in [0.25, 0.3) is 0 Å². The van der Waals surface area contributed by atoms with E-state index in [4.69, 9.17) is 0 Å². The molecule has 28 heavy (non-hydrogen) atoms. The molecule has 1 aromatic carbocycles. The number of halogens is 5. The minimum absolute atomic E-state index is 0.0224. The lowest BCUT2D eigenvalue weighted by molar-refractivity contribution is -0.0883. The second-order valence-corrected chi connectivity index (χ2v) is 6.18. The number of pyridine rings is 1. The first-order chi connectivity index (χ1) is 13.1. The van der Waals surface area contributed by atoms with Crippen molar-refractivity contribution < 1.29 is 22.0 Å². The average molecular weight is 397 g/mol. The van der Waals surface area contributed by atoms with Gasteiger partial charge in [0.05, 0.1) is 11.8 Å². The van der Waals surface area contributed by atoms with Crippen LogP contribution in [0.2, 0.25) is 0 Å². The molecule has 1 N–H and O–H groups in total. The summed E-state index contributed by atoms with van der Waals surface area (Å²) in [6, 6.07) is 5.57. The molecule has 0 saturated heterocycles. The van der Waals surface area contributed by atoms with Crippen molar-refractivity contribution in [3.8, 4) is 0 Å². The molecule has 150 valence electrons. The molecule has 0 radical (unpaired) electrons. The lowest BCUT2D eigenvalue weighted by Gasteiger charge is -2.20. The number of allylic oxidation sites excluding steroid dienone is 3. The first kappa shape index (κ1) is 21.4. The van der Waals surface area contributed by atoms with Crippen LogP contribution in [0.1, 0.15) is 18.1 Å². The number of hydrogen-bond donors (Lipinski definition) is 1. The van der Waals surface area contributed by atoms with Crippen molar-refractivity contribution in [3.63, 3.8) is 0 Å². The number of nitrogens with zero attached hydrogens (tertiary/aromatic N) is 2. The zero-order chi connectivity index (χ0) is 20.9. The number of alkyl halides is 3. The van der Waals surface area contributed by atoms with Crippen LogP contribution in [0.4, 0.5) is 27.6 Å². The van der Waals surface area contributed by atoms with Crippen molar-refractivity contribution in [1.82, 2.24) is 9.88 Å². The molecule has 0 bridgehead atoms. The Balaban J connectivity index is 2.29. The van der Waals surface area contributed by atoms with Crippen LogP contribution < -0.4 is 5.32 Å². The van der Waals surface area contributed by atoms with Crippen LogP contribution in [0, 0.1) is 11.6 Å². The Kier molecular flexibility index (Phi) is 6.77. The third-order valence-electron chi connectivity index (χ3n) is 4.00. The molecule has 8 heteroatoms. The first-order valence-corrected chi connectivity index (χ1v) is 8.38. The van der Waals surface area contributed by atoms with E-state index in [9.17, 15) is 22.0 Å². The molecular weight excluding hydrogens is 377 g/mol. The van der Waals surface area contributed by atoms with Crippen molar-refractivity contribution in [1.29, 1.82) is 0 Å². The maximum Gasteiger partial charge on any atom is 0.416 e. The van der Waals surface area contributed by atoms with E-state index in [1.54, 1.807) is 0 Å². The van der Waals surface area contributed by atoms with Crippen LogP contribution in [0.25, 0.3) is 5.70 Å². The largest absolute Gasteiger partial charge is 0.416 e. The van der Waals surface area contributed by atoms with Gasteiger partial charge in [0.2, 0.25) is 0 Å². The molecule has 0 atom stereocenters. The van der Waals surface area contributed by atoms with E-state index in [0.29, 0.717) is 11.3 Å². The summed E-state index contributed by atoms with van der Waals surface area (Å²) < 4.78 is 67.4. The van der Waals surface area contributed by atoms with Crippen molar-refractivity contribution in [3.05, 3.63) is 77.1 Å². The van der Waals surface area contributed by atoms with Gasteiger partial charge in [0.1, 0.15) is 11.6 Å². The number of nitrogens with one attached hydrogen (secondary N) is 1. The molecule has 0 aliphatic rings. The molecule has 0 aliphatic heterocycles. The fourth-order valence-electron chi connectivity index (χ4n) is 2.50. The Bertz CT molecular complexity index is 886. The number of aromatic nitrogens is 1. The molecule has 1 heterocycles. The van der Waals surface area contributed by atoms with Crippen LogP contribution >= 0.6 is 0 Å². The minimum atomic E-state index is -4.54. The van der Waals surface area contributed by atoms with Crippen molar-refractivity contribution in [2.24, 2.45) is 0 Å². The van der Waals surface area contributed by atoms with Gasteiger partial charge >= 0.3 is 6.18 Å². The normalized spacial score (nSPS) is 12.9. The third kappa shape index (κ3) is 5.31. The van der Waals surface area contributed by atoms with Gasteiger partial charge < -0.3 is 10.2 Å². The topological polar surface area (TPSA) is 28.2 Å². The van der Waals surface area contributed by atoms with E-state index < -0.39 is 23.4 Å². The van der Waals surface area contributed by atoms with E-state index in [-0.39, 0.29) is 17.8 Å². The summed E-state index contributed by atoms with van der Waals surface area (Å²) in [4.78, 5) is 5.06. The number of anilines is 1. The molecule has 0 saturated carbocycles. The second kappa shape index (κ2) is 8.86. The number of rotatable bonds is 6. The molecule has 0 unspecified atom stereocenters. The van der Waals surface area contributed by atoms with Gasteiger partial charge in [0.15, 0.2) is 0 Å². The van der Waals surface area contributed by atoms with E-state index >= 15 is 0 Å². The molecule has 0 spiro atoms. The standard InChI is InChI=1S/C20H20F5N3/c1-4-14(20(23,24)25)9-19(28(2)3)16-6-5-15(10-17(16)21)27-11-13-7-8-26-12-18(13)22/h4-10,12,27H,11H2,1-3H3/b14-4+,19-9-. The van der Waals surface area contributed by atoms with Crippen LogP contribution in [-0.2, 0) is 6.54 Å². The summed E-state index contributed by atoms with van der Waals surface area (Å²) in [5.41, 5.74) is -0.0382. The van der Waals surface area contributed by atoms with Gasteiger partial charge in [-0.3, -0.25) is 4.98 Å². The zero-order valence-electron chi connectivity index (χ0n) is 15.6. The Morgan fingerprint density at radius 2 is 1.86 bits per heavy atom. The highest BCUT2D eigenvalue weighted by molar-refractivity contribution is 5.69. The van der Waals surface area contributed by atoms with Gasteiger partial charge in [-0.15, -0.1) is 0 Å². The van der Waals surface area contributed by atoms with Crippen LogP contribution in [0.5, 0.6) is 0 Å². The van der Waals surface area contributed by atoms with Crippen LogP contribution in [0.15, 0.2) is 54.4 Å². The molecule has 2 rings (SSSR count). The van der Waals surface area contributed by atoms with Crippen molar-refractivity contribution in [2.45, 2.75) is 19.6 Å². The fourth-order valence-corrected chi connectivity index (χ4v) is 2.50. The molecule has 0 fully saturated rings. The lowest BCUT2D eigenvalue weighted by Crippen LogP contribution is -2.16. The predicted octanol–water partition coefficient (Wildman–Crippen LogP) is 5.38. The van der Waals surface area contributed by atoms with Crippen molar-refractivity contribution in [2.75, 3.05) is 19.4 Å². The molecular formula is C20H20F5N3. The van der Waals surface area contributed by atoms with Gasteiger partial charge in [-0.05, 0) is 37.3 Å². The number of hydrogen-bond acceptors (Lipinski definition) is 3. The van der Waals surface area contributed by atoms with E-state index in [0.717, 1.165) is 24.4 Å². The monoisotopic (exact) mass is 397 g/mol. The van der Waals surface area contributed by atoms with Crippen LogP contribution in [-0.4, -0.2) is 30.2 Å². The highest BCUT2D eigenvalue weighted by atomic mass is 19.4. The Hall–Kier alpha value is -2.90. The third-order valence-corrected chi connectivity index (χ3v) is 4.00. The lowest BCUT2D eigenvalue weighted by atomic mass is 10.1. The van der Waals surface area contributed by atoms with Gasteiger partial charge in [-0.25, -0.2) is 8.78 Å². The fraction of sp³-hybridized carbons (Fsp3) is 0.250. The van der Waals surface area contributed by atoms with Gasteiger partial charge in [0, 0.05) is 49.3 Å². The highest BCUT2D eigenvalue weighted by Crippen LogP contribution is 2.31. The van der Waals surface area contributed by atoms with E-state index in [2.05, 4.69) is 10.3 Å². The van der Waals surface area contributed by atoms with Gasteiger partial charge in [-0.2, -0.15) is 13.2 Å². The molecule has 2 aromatic rings. The van der Waals surface area contributed by atoms with E-state index in [1.165, 1.54) is 50.3 Å². The Morgan fingerprint density at radius 3 is 2.39 bits per heavy atom. The summed E-state index contributed by atoms with van der Waals surface area (Å²) in [7, 11) is 3.07. The molecule has 0 aliphatic carbocycles. The average Bonchev–Trinajstić information content (AvgIpc) is 2.61. The van der Waals surface area contributed by atoms with Gasteiger partial charge in [-0.1, -0.05) is 6.08 Å². The SMILES string of the molecule is C/C=C(\C=C(\c1ccc(NCc2ccncc2F)cc1F)N(C)C)C(F)(F)F.